The maximum atomic E-state index is 12.8. The molecule has 1 amide bonds. The van der Waals surface area contributed by atoms with Gasteiger partial charge in [-0.05, 0) is 73.9 Å². The number of anilines is 2. The van der Waals surface area contributed by atoms with Gasteiger partial charge in [0.2, 0.25) is 10.0 Å². The highest BCUT2D eigenvalue weighted by Crippen LogP contribution is 2.28. The second-order valence-electron chi connectivity index (χ2n) is 7.49. The summed E-state index contributed by atoms with van der Waals surface area (Å²) >= 11 is 0. The van der Waals surface area contributed by atoms with Crippen molar-refractivity contribution in [1.82, 2.24) is 0 Å². The van der Waals surface area contributed by atoms with Gasteiger partial charge in [-0.25, -0.2) is 8.42 Å². The SMILES string of the molecule is Cc1ccc(C(=O)Nc2ccc(Oc3ccccc3)cc2)cc1N1CCCCS1(=O)=O. The number of hydrogen-bond donors (Lipinski definition) is 1. The largest absolute Gasteiger partial charge is 0.457 e. The molecule has 4 rings (SSSR count). The number of hydrogen-bond acceptors (Lipinski definition) is 4. The number of aryl methyl sites for hydroxylation is 1. The first-order valence-electron chi connectivity index (χ1n) is 10.2. The molecule has 31 heavy (non-hydrogen) atoms. The molecule has 1 N–H and O–H groups in total. The minimum absolute atomic E-state index is 0.139. The summed E-state index contributed by atoms with van der Waals surface area (Å²) in [5.74, 6) is 1.24. The van der Waals surface area contributed by atoms with Gasteiger partial charge in [0, 0.05) is 17.8 Å². The Kier molecular flexibility index (Phi) is 5.95. The minimum Gasteiger partial charge on any atom is -0.457 e. The van der Waals surface area contributed by atoms with E-state index in [0.717, 1.165) is 17.7 Å². The summed E-state index contributed by atoms with van der Waals surface area (Å²) in [5, 5.41) is 2.86. The smallest absolute Gasteiger partial charge is 0.255 e. The molecule has 3 aromatic rings. The molecule has 1 aliphatic rings. The lowest BCUT2D eigenvalue weighted by Gasteiger charge is -2.29. The highest BCUT2D eigenvalue weighted by molar-refractivity contribution is 7.92. The molecule has 1 saturated heterocycles. The Bertz CT molecular complexity index is 1180. The summed E-state index contributed by atoms with van der Waals surface area (Å²) in [6, 6.07) is 21.7. The fraction of sp³-hybridized carbons (Fsp3) is 0.208. The van der Waals surface area contributed by atoms with Gasteiger partial charge in [-0.1, -0.05) is 24.3 Å². The number of para-hydroxylation sites is 1. The zero-order valence-electron chi connectivity index (χ0n) is 17.2. The summed E-state index contributed by atoms with van der Waals surface area (Å²) in [6.07, 6.45) is 1.48. The van der Waals surface area contributed by atoms with Gasteiger partial charge in [0.1, 0.15) is 11.5 Å². The molecule has 1 heterocycles. The van der Waals surface area contributed by atoms with Crippen LogP contribution in [0.2, 0.25) is 0 Å². The average molecular weight is 437 g/mol. The van der Waals surface area contributed by atoms with Crippen LogP contribution in [0.25, 0.3) is 0 Å². The zero-order valence-corrected chi connectivity index (χ0v) is 18.1. The van der Waals surface area contributed by atoms with Crippen molar-refractivity contribution in [2.45, 2.75) is 19.8 Å². The topological polar surface area (TPSA) is 75.7 Å². The first-order valence-corrected chi connectivity index (χ1v) is 11.8. The fourth-order valence-corrected chi connectivity index (χ4v) is 5.21. The van der Waals surface area contributed by atoms with Gasteiger partial charge < -0.3 is 10.1 Å². The summed E-state index contributed by atoms with van der Waals surface area (Å²) in [4.78, 5) is 12.8. The molecule has 0 unspecified atom stereocenters. The molecule has 1 fully saturated rings. The third kappa shape index (κ3) is 4.88. The quantitative estimate of drug-likeness (QED) is 0.613. The third-order valence-electron chi connectivity index (χ3n) is 5.18. The van der Waals surface area contributed by atoms with Crippen LogP contribution in [0.15, 0.2) is 72.8 Å². The Morgan fingerprint density at radius 1 is 0.935 bits per heavy atom. The van der Waals surface area contributed by atoms with Crippen molar-refractivity contribution >= 4 is 27.3 Å². The van der Waals surface area contributed by atoms with Crippen LogP contribution in [-0.4, -0.2) is 26.6 Å². The number of benzene rings is 3. The van der Waals surface area contributed by atoms with Crippen LogP contribution >= 0.6 is 0 Å². The van der Waals surface area contributed by atoms with E-state index in [9.17, 15) is 13.2 Å². The molecule has 160 valence electrons. The van der Waals surface area contributed by atoms with Crippen LogP contribution in [0.4, 0.5) is 11.4 Å². The molecular weight excluding hydrogens is 412 g/mol. The number of sulfonamides is 1. The average Bonchev–Trinajstić information content (AvgIpc) is 2.76. The number of amides is 1. The van der Waals surface area contributed by atoms with Gasteiger partial charge in [-0.15, -0.1) is 0 Å². The maximum absolute atomic E-state index is 12.8. The summed E-state index contributed by atoms with van der Waals surface area (Å²) in [5.41, 5.74) is 2.42. The Hall–Kier alpha value is -3.32. The van der Waals surface area contributed by atoms with E-state index in [1.54, 1.807) is 42.5 Å². The normalized spacial score (nSPS) is 15.3. The van der Waals surface area contributed by atoms with Crippen LogP contribution in [0.3, 0.4) is 0 Å². The maximum Gasteiger partial charge on any atom is 0.255 e. The van der Waals surface area contributed by atoms with E-state index in [1.807, 2.05) is 37.3 Å². The lowest BCUT2D eigenvalue weighted by Crippen LogP contribution is -2.38. The highest BCUT2D eigenvalue weighted by Gasteiger charge is 2.27. The van der Waals surface area contributed by atoms with Crippen LogP contribution in [0, 0.1) is 6.92 Å². The van der Waals surface area contributed by atoms with E-state index in [1.165, 1.54) is 4.31 Å². The van der Waals surface area contributed by atoms with Crippen molar-refractivity contribution in [2.75, 3.05) is 21.9 Å². The molecule has 0 aromatic heterocycles. The fourth-order valence-electron chi connectivity index (χ4n) is 3.51. The summed E-state index contributed by atoms with van der Waals surface area (Å²) in [6.45, 7) is 2.30. The van der Waals surface area contributed by atoms with Crippen molar-refractivity contribution in [3.63, 3.8) is 0 Å². The standard InChI is InChI=1S/C24H24N2O4S/c1-18-9-10-19(17-23(18)26-15-5-6-16-31(26,28)29)24(27)25-20-11-13-22(14-12-20)30-21-7-3-2-4-8-21/h2-4,7-14,17H,5-6,15-16H2,1H3,(H,25,27). The Labute approximate surface area is 182 Å². The molecule has 3 aromatic carbocycles. The molecule has 7 heteroatoms. The van der Waals surface area contributed by atoms with E-state index >= 15 is 0 Å². The second kappa shape index (κ2) is 8.81. The first-order chi connectivity index (χ1) is 14.9. The van der Waals surface area contributed by atoms with Crippen LogP contribution in [-0.2, 0) is 10.0 Å². The number of ether oxygens (including phenoxy) is 1. The predicted molar refractivity (Wildman–Crippen MR) is 122 cm³/mol. The number of rotatable bonds is 5. The summed E-state index contributed by atoms with van der Waals surface area (Å²) < 4.78 is 32.2. The monoisotopic (exact) mass is 436 g/mol. The van der Waals surface area contributed by atoms with Gasteiger partial charge in [0.25, 0.3) is 5.91 Å². The Morgan fingerprint density at radius 3 is 2.35 bits per heavy atom. The van der Waals surface area contributed by atoms with Crippen LogP contribution < -0.4 is 14.4 Å². The lowest BCUT2D eigenvalue weighted by atomic mass is 10.1. The number of nitrogens with zero attached hydrogens (tertiary/aromatic N) is 1. The predicted octanol–water partition coefficient (Wildman–Crippen LogP) is 4.97. The van der Waals surface area contributed by atoms with Crippen molar-refractivity contribution in [3.05, 3.63) is 83.9 Å². The Morgan fingerprint density at radius 2 is 1.65 bits per heavy atom. The highest BCUT2D eigenvalue weighted by atomic mass is 32.2. The zero-order chi connectivity index (χ0) is 21.8. The first kappa shape index (κ1) is 20.9. The second-order valence-corrected chi connectivity index (χ2v) is 9.50. The van der Waals surface area contributed by atoms with Crippen molar-refractivity contribution in [3.8, 4) is 11.5 Å². The number of carbonyl (C=O) groups is 1. The lowest BCUT2D eigenvalue weighted by molar-refractivity contribution is 0.102. The van der Waals surface area contributed by atoms with E-state index in [0.29, 0.717) is 35.7 Å². The minimum atomic E-state index is -3.34. The Balaban J connectivity index is 1.48. The van der Waals surface area contributed by atoms with Gasteiger partial charge >= 0.3 is 0 Å². The molecule has 0 aliphatic carbocycles. The summed E-state index contributed by atoms with van der Waals surface area (Å²) in [7, 11) is -3.34. The number of carbonyl (C=O) groups excluding carboxylic acids is 1. The molecule has 0 saturated carbocycles. The molecule has 0 atom stereocenters. The van der Waals surface area contributed by atoms with E-state index in [-0.39, 0.29) is 11.7 Å². The van der Waals surface area contributed by atoms with Crippen molar-refractivity contribution < 1.29 is 17.9 Å². The molecule has 6 nitrogen and oxygen atoms in total. The van der Waals surface area contributed by atoms with E-state index < -0.39 is 10.0 Å². The third-order valence-corrected chi connectivity index (χ3v) is 7.04. The molecule has 0 spiro atoms. The van der Waals surface area contributed by atoms with Crippen molar-refractivity contribution in [2.24, 2.45) is 0 Å². The van der Waals surface area contributed by atoms with Crippen LogP contribution in [0.5, 0.6) is 11.5 Å². The van der Waals surface area contributed by atoms with Gasteiger partial charge in [-0.2, -0.15) is 0 Å². The molecular formula is C24H24N2O4S. The molecule has 0 radical (unpaired) electrons. The van der Waals surface area contributed by atoms with Crippen molar-refractivity contribution in [1.29, 1.82) is 0 Å². The van der Waals surface area contributed by atoms with Crippen LogP contribution in [0.1, 0.15) is 28.8 Å². The van der Waals surface area contributed by atoms with E-state index in [4.69, 9.17) is 4.74 Å². The van der Waals surface area contributed by atoms with Gasteiger partial charge in [0.05, 0.1) is 11.4 Å². The molecule has 1 aliphatic heterocycles. The number of nitrogens with one attached hydrogen (secondary N) is 1. The van der Waals surface area contributed by atoms with E-state index in [2.05, 4.69) is 5.32 Å². The van der Waals surface area contributed by atoms with Gasteiger partial charge in [-0.3, -0.25) is 9.10 Å². The van der Waals surface area contributed by atoms with Gasteiger partial charge in [0.15, 0.2) is 0 Å². The molecule has 0 bridgehead atoms.